The van der Waals surface area contributed by atoms with Gasteiger partial charge in [-0.25, -0.2) is 9.59 Å². The first-order valence-electron chi connectivity index (χ1n) is 11.3. The fourth-order valence-corrected chi connectivity index (χ4v) is 5.49. The predicted octanol–water partition coefficient (Wildman–Crippen LogP) is 5.76. The average molecular weight is 397 g/mol. The van der Waals surface area contributed by atoms with Crippen LogP contribution in [0.1, 0.15) is 72.1 Å². The van der Waals surface area contributed by atoms with Crippen molar-refractivity contribution >= 4 is 11.9 Å². The van der Waals surface area contributed by atoms with E-state index in [1.807, 2.05) is 0 Å². The maximum absolute atomic E-state index is 12.6. The van der Waals surface area contributed by atoms with E-state index in [1.165, 1.54) is 0 Å². The van der Waals surface area contributed by atoms with E-state index in [0.29, 0.717) is 11.8 Å². The second-order valence-electron chi connectivity index (χ2n) is 8.83. The molecule has 4 aliphatic rings. The number of carbonyl (C=O) groups is 2. The molecule has 1 fully saturated rings. The van der Waals surface area contributed by atoms with Crippen molar-refractivity contribution in [3.8, 4) is 0 Å². The van der Waals surface area contributed by atoms with Gasteiger partial charge in [0.2, 0.25) is 0 Å². The molecule has 4 rings (SSSR count). The van der Waals surface area contributed by atoms with E-state index < -0.39 is 0 Å². The number of esters is 2. The molecule has 0 unspecified atom stereocenters. The Balaban J connectivity index is 1.56. The minimum absolute atomic E-state index is 0.138. The molecule has 29 heavy (non-hydrogen) atoms. The van der Waals surface area contributed by atoms with Crippen molar-refractivity contribution in [2.75, 3.05) is 0 Å². The lowest BCUT2D eigenvalue weighted by Crippen LogP contribution is -2.30. The van der Waals surface area contributed by atoms with E-state index in [0.717, 1.165) is 79.6 Å². The molecule has 0 bridgehead atoms. The lowest BCUT2D eigenvalue weighted by Gasteiger charge is -2.36. The smallest absolute Gasteiger partial charge is 0.340 e. The van der Waals surface area contributed by atoms with E-state index >= 15 is 0 Å². The molecule has 0 saturated carbocycles. The zero-order chi connectivity index (χ0) is 20.5. The normalized spacial score (nSPS) is 34.2. The standard InChI is InChI=1S/C25H32O4/c1-4-6-8-21-18-11-10-16(14-20(18)24(26)28-21)17-12-13-19-22(9-7-5-2)29-25(27)23(19)15(17)3/h8-9,14-18H,4-7,10-13H2,1-3H3/b21-8-,22-9-/t15-,16-,17-,18-/m1/s1. The van der Waals surface area contributed by atoms with E-state index in [9.17, 15) is 9.59 Å². The summed E-state index contributed by atoms with van der Waals surface area (Å²) < 4.78 is 11.2. The average Bonchev–Trinajstić information content (AvgIpc) is 3.21. The van der Waals surface area contributed by atoms with E-state index in [4.69, 9.17) is 9.47 Å². The monoisotopic (exact) mass is 396 g/mol. The summed E-state index contributed by atoms with van der Waals surface area (Å²) in [7, 11) is 0. The molecule has 0 aromatic carbocycles. The first kappa shape index (κ1) is 20.2. The maximum Gasteiger partial charge on any atom is 0.340 e. The fourth-order valence-electron chi connectivity index (χ4n) is 5.49. The first-order chi connectivity index (χ1) is 14.0. The number of ether oxygens (including phenoxy) is 2. The van der Waals surface area contributed by atoms with Gasteiger partial charge in [0.25, 0.3) is 0 Å². The van der Waals surface area contributed by atoms with Crippen LogP contribution in [-0.4, -0.2) is 11.9 Å². The van der Waals surface area contributed by atoms with Crippen LogP contribution < -0.4 is 0 Å². The van der Waals surface area contributed by atoms with Crippen LogP contribution in [0, 0.1) is 23.7 Å². The summed E-state index contributed by atoms with van der Waals surface area (Å²) in [4.78, 5) is 25.0. The Labute approximate surface area is 173 Å². The Hall–Kier alpha value is -2.10. The van der Waals surface area contributed by atoms with Crippen molar-refractivity contribution < 1.29 is 19.1 Å². The van der Waals surface area contributed by atoms with Gasteiger partial charge in [0.05, 0.1) is 0 Å². The highest BCUT2D eigenvalue weighted by molar-refractivity contribution is 5.95. The Bertz CT molecular complexity index is 826. The van der Waals surface area contributed by atoms with Crippen LogP contribution in [0.5, 0.6) is 0 Å². The highest BCUT2D eigenvalue weighted by Gasteiger charge is 2.45. The summed E-state index contributed by atoms with van der Waals surface area (Å²) in [5.41, 5.74) is 2.84. The Kier molecular flexibility index (Phi) is 5.80. The Morgan fingerprint density at radius 3 is 2.52 bits per heavy atom. The number of fused-ring (bicyclic) bond motifs is 1. The van der Waals surface area contributed by atoms with Gasteiger partial charge in [0, 0.05) is 22.6 Å². The van der Waals surface area contributed by atoms with E-state index in [-0.39, 0.29) is 23.8 Å². The highest BCUT2D eigenvalue weighted by Crippen LogP contribution is 2.50. The second-order valence-corrected chi connectivity index (χ2v) is 8.83. The largest absolute Gasteiger partial charge is 0.427 e. The lowest BCUT2D eigenvalue weighted by molar-refractivity contribution is -0.134. The molecule has 2 heterocycles. The maximum atomic E-state index is 12.6. The molecule has 0 radical (unpaired) electrons. The van der Waals surface area contributed by atoms with Crippen molar-refractivity contribution in [3.63, 3.8) is 0 Å². The topological polar surface area (TPSA) is 52.6 Å². The number of hydrogen-bond acceptors (Lipinski definition) is 4. The molecule has 2 aliphatic carbocycles. The van der Waals surface area contributed by atoms with Gasteiger partial charge in [-0.2, -0.15) is 0 Å². The van der Waals surface area contributed by atoms with Gasteiger partial charge in [-0.15, -0.1) is 0 Å². The summed E-state index contributed by atoms with van der Waals surface area (Å²) in [5.74, 6) is 2.30. The van der Waals surface area contributed by atoms with Crippen LogP contribution in [0.25, 0.3) is 0 Å². The number of hydrogen-bond donors (Lipinski definition) is 0. The number of rotatable bonds is 5. The molecule has 0 aromatic heterocycles. The minimum atomic E-state index is -0.171. The SMILES string of the molecule is CCC/C=C1\OC(=O)C2=C1CC[C@@H]([C@H]1C=C3C(=O)O/C(=C\CCC)[C@@H]3CC1)[C@H]2C. The van der Waals surface area contributed by atoms with Crippen LogP contribution in [0.15, 0.2) is 46.5 Å². The van der Waals surface area contributed by atoms with Crippen LogP contribution in [0.4, 0.5) is 0 Å². The van der Waals surface area contributed by atoms with Gasteiger partial charge in [-0.1, -0.05) is 39.7 Å². The van der Waals surface area contributed by atoms with Crippen molar-refractivity contribution in [1.29, 1.82) is 0 Å². The van der Waals surface area contributed by atoms with Gasteiger partial charge in [0.1, 0.15) is 11.5 Å². The molecule has 0 aromatic rings. The van der Waals surface area contributed by atoms with Gasteiger partial charge in [0.15, 0.2) is 0 Å². The first-order valence-corrected chi connectivity index (χ1v) is 11.3. The van der Waals surface area contributed by atoms with Gasteiger partial charge < -0.3 is 9.47 Å². The molecule has 4 nitrogen and oxygen atoms in total. The molecule has 156 valence electrons. The minimum Gasteiger partial charge on any atom is -0.427 e. The zero-order valence-electron chi connectivity index (χ0n) is 17.8. The Morgan fingerprint density at radius 1 is 1.00 bits per heavy atom. The van der Waals surface area contributed by atoms with Crippen LogP contribution in [0.3, 0.4) is 0 Å². The molecule has 0 spiro atoms. The van der Waals surface area contributed by atoms with E-state index in [1.54, 1.807) is 0 Å². The third kappa shape index (κ3) is 3.62. The summed E-state index contributed by atoms with van der Waals surface area (Å²) >= 11 is 0. The number of allylic oxidation sites excluding steroid dienone is 5. The quantitative estimate of drug-likeness (QED) is 0.554. The van der Waals surface area contributed by atoms with Gasteiger partial charge in [-0.05, 0) is 68.4 Å². The third-order valence-electron chi connectivity index (χ3n) is 7.02. The molecular formula is C25H32O4. The number of cyclic esters (lactones) is 2. The summed E-state index contributed by atoms with van der Waals surface area (Å²) in [6, 6.07) is 0. The summed E-state index contributed by atoms with van der Waals surface area (Å²) in [5, 5.41) is 0. The number of carbonyl (C=O) groups excluding carboxylic acids is 2. The Morgan fingerprint density at radius 2 is 1.76 bits per heavy atom. The fraction of sp³-hybridized carbons (Fsp3) is 0.600. The van der Waals surface area contributed by atoms with Crippen molar-refractivity contribution in [2.45, 2.75) is 72.1 Å². The molecule has 1 saturated heterocycles. The predicted molar refractivity (Wildman–Crippen MR) is 111 cm³/mol. The van der Waals surface area contributed by atoms with Crippen LogP contribution in [0.2, 0.25) is 0 Å². The zero-order valence-corrected chi connectivity index (χ0v) is 17.8. The second kappa shape index (κ2) is 8.33. The molecule has 0 amide bonds. The summed E-state index contributed by atoms with van der Waals surface area (Å²) in [6.07, 6.45) is 14.2. The van der Waals surface area contributed by atoms with Crippen molar-refractivity contribution in [3.05, 3.63) is 46.5 Å². The summed E-state index contributed by atoms with van der Waals surface area (Å²) in [6.45, 7) is 6.42. The molecular weight excluding hydrogens is 364 g/mol. The highest BCUT2D eigenvalue weighted by atomic mass is 16.5. The van der Waals surface area contributed by atoms with Crippen LogP contribution in [-0.2, 0) is 19.1 Å². The number of unbranched alkanes of at least 4 members (excludes halogenated alkanes) is 2. The van der Waals surface area contributed by atoms with Gasteiger partial charge in [-0.3, -0.25) is 0 Å². The van der Waals surface area contributed by atoms with Crippen molar-refractivity contribution in [1.82, 2.24) is 0 Å². The van der Waals surface area contributed by atoms with Crippen LogP contribution >= 0.6 is 0 Å². The molecule has 4 heteroatoms. The van der Waals surface area contributed by atoms with E-state index in [2.05, 4.69) is 39.0 Å². The lowest BCUT2D eigenvalue weighted by atomic mass is 9.66. The molecule has 0 N–H and O–H groups in total. The van der Waals surface area contributed by atoms with Crippen molar-refractivity contribution in [2.24, 2.45) is 23.7 Å². The third-order valence-corrected chi connectivity index (χ3v) is 7.02. The molecule has 4 atom stereocenters. The molecule has 2 aliphatic heterocycles. The van der Waals surface area contributed by atoms with Gasteiger partial charge >= 0.3 is 11.9 Å².